The molecule has 3 heterocycles. The van der Waals surface area contributed by atoms with Crippen LogP contribution < -0.4 is 21.1 Å². The third-order valence-corrected chi connectivity index (χ3v) is 8.64. The number of carbonyl (C=O) groups excluding carboxylic acids is 1. The number of likely N-dealkylation sites (tertiary alicyclic amines) is 2. The summed E-state index contributed by atoms with van der Waals surface area (Å²) in [6.45, 7) is 7.66. The predicted molar refractivity (Wildman–Crippen MR) is 146 cm³/mol. The summed E-state index contributed by atoms with van der Waals surface area (Å²) in [5.74, 6) is 1.79. The number of benzene rings is 1. The molecule has 0 unspecified atom stereocenters. The molecule has 0 atom stereocenters. The highest BCUT2D eigenvalue weighted by atomic mass is 35.5. The lowest BCUT2D eigenvalue weighted by molar-refractivity contribution is 0.0895. The minimum atomic E-state index is -0.157. The highest BCUT2D eigenvalue weighted by Crippen LogP contribution is 2.29. The van der Waals surface area contributed by atoms with E-state index in [1.807, 2.05) is 0 Å². The Labute approximate surface area is 220 Å². The van der Waals surface area contributed by atoms with E-state index in [-0.39, 0.29) is 11.9 Å². The van der Waals surface area contributed by atoms with Crippen LogP contribution in [0.25, 0.3) is 0 Å². The van der Waals surface area contributed by atoms with E-state index < -0.39 is 0 Å². The summed E-state index contributed by atoms with van der Waals surface area (Å²) < 4.78 is 5.33. The number of rotatable bonds is 7. The molecule has 0 bridgehead atoms. The van der Waals surface area contributed by atoms with Crippen molar-refractivity contribution >= 4 is 40.4 Å². The van der Waals surface area contributed by atoms with Crippen molar-refractivity contribution in [3.05, 3.63) is 22.7 Å². The van der Waals surface area contributed by atoms with Crippen molar-refractivity contribution in [2.75, 3.05) is 58.7 Å². The standard InChI is InChI=1S/C26H40ClN5O2S/c1-34-24-16-23(28)22(27)15-21(24)26(33)30-20-6-10-31(11-7-20)17-19-4-12-32(13-5-19)25(35)14-18-2-8-29-9-3-18/h15-16,18-20,29H,2-14,17,28H2,1H3,(H,30,33). The summed E-state index contributed by atoms with van der Waals surface area (Å²) >= 11 is 11.9. The Kier molecular flexibility index (Phi) is 9.50. The first kappa shape index (κ1) is 26.5. The highest BCUT2D eigenvalue weighted by molar-refractivity contribution is 7.80. The van der Waals surface area contributed by atoms with Gasteiger partial charge in [0.2, 0.25) is 0 Å². The predicted octanol–water partition coefficient (Wildman–Crippen LogP) is 3.55. The number of anilines is 1. The first-order valence-electron chi connectivity index (χ1n) is 13.1. The van der Waals surface area contributed by atoms with Crippen LogP contribution in [0.1, 0.15) is 55.3 Å². The number of nitrogens with two attached hydrogens (primary N) is 1. The van der Waals surface area contributed by atoms with Gasteiger partial charge in [0.15, 0.2) is 0 Å². The lowest BCUT2D eigenvalue weighted by Crippen LogP contribution is -2.47. The Morgan fingerprint density at radius 1 is 1.11 bits per heavy atom. The Morgan fingerprint density at radius 3 is 2.46 bits per heavy atom. The van der Waals surface area contributed by atoms with Crippen molar-refractivity contribution in [2.45, 2.75) is 51.0 Å². The first-order chi connectivity index (χ1) is 16.9. The van der Waals surface area contributed by atoms with Gasteiger partial charge in [0.25, 0.3) is 5.91 Å². The van der Waals surface area contributed by atoms with Crippen LogP contribution in [0.3, 0.4) is 0 Å². The molecule has 1 aromatic carbocycles. The Bertz CT molecular complexity index is 879. The molecule has 4 rings (SSSR count). The van der Waals surface area contributed by atoms with Crippen LogP contribution in [-0.4, -0.2) is 79.7 Å². The maximum absolute atomic E-state index is 12.8. The van der Waals surface area contributed by atoms with E-state index in [4.69, 9.17) is 34.3 Å². The molecule has 0 saturated carbocycles. The molecule has 7 nitrogen and oxygen atoms in total. The molecule has 3 aliphatic heterocycles. The number of hydrogen-bond acceptors (Lipinski definition) is 6. The summed E-state index contributed by atoms with van der Waals surface area (Å²) in [6, 6.07) is 3.35. The minimum absolute atomic E-state index is 0.157. The summed E-state index contributed by atoms with van der Waals surface area (Å²) in [7, 11) is 1.53. The number of ether oxygens (including phenoxy) is 1. The molecular weight excluding hydrogens is 482 g/mol. The van der Waals surface area contributed by atoms with Gasteiger partial charge in [-0.25, -0.2) is 0 Å². The lowest BCUT2D eigenvalue weighted by Gasteiger charge is -2.39. The molecule has 0 spiro atoms. The van der Waals surface area contributed by atoms with Crippen LogP contribution in [0, 0.1) is 11.8 Å². The number of hydrogen-bond donors (Lipinski definition) is 3. The van der Waals surface area contributed by atoms with Crippen molar-refractivity contribution in [3.8, 4) is 5.75 Å². The van der Waals surface area contributed by atoms with Crippen molar-refractivity contribution < 1.29 is 9.53 Å². The second kappa shape index (κ2) is 12.6. The van der Waals surface area contributed by atoms with Gasteiger partial charge in [-0.15, -0.1) is 0 Å². The van der Waals surface area contributed by atoms with Crippen molar-refractivity contribution in [3.63, 3.8) is 0 Å². The van der Waals surface area contributed by atoms with Crippen molar-refractivity contribution in [2.24, 2.45) is 11.8 Å². The smallest absolute Gasteiger partial charge is 0.255 e. The van der Waals surface area contributed by atoms with Crippen LogP contribution in [0.15, 0.2) is 12.1 Å². The lowest BCUT2D eigenvalue weighted by atomic mass is 9.92. The van der Waals surface area contributed by atoms with Crippen LogP contribution in [0.5, 0.6) is 5.75 Å². The highest BCUT2D eigenvalue weighted by Gasteiger charge is 2.27. The van der Waals surface area contributed by atoms with Crippen molar-refractivity contribution in [1.82, 2.24) is 20.4 Å². The number of nitrogens with zero attached hydrogens (tertiary/aromatic N) is 2. The Morgan fingerprint density at radius 2 is 1.80 bits per heavy atom. The summed E-state index contributed by atoms with van der Waals surface area (Å²) in [6.07, 6.45) is 7.96. The fourth-order valence-electron chi connectivity index (χ4n) is 5.63. The quantitative estimate of drug-likeness (QED) is 0.374. The second-order valence-electron chi connectivity index (χ2n) is 10.3. The molecule has 1 amide bonds. The second-order valence-corrected chi connectivity index (χ2v) is 11.2. The van der Waals surface area contributed by atoms with Gasteiger partial charge in [0.05, 0.1) is 28.4 Å². The average Bonchev–Trinajstić information content (AvgIpc) is 2.87. The molecule has 1 aromatic rings. The number of thiocarbonyl (C=S) groups is 1. The molecule has 9 heteroatoms. The molecule has 4 N–H and O–H groups in total. The number of halogens is 1. The van der Waals surface area contributed by atoms with Crippen LogP contribution in [0.2, 0.25) is 5.02 Å². The van der Waals surface area contributed by atoms with E-state index in [0.29, 0.717) is 22.0 Å². The first-order valence-corrected chi connectivity index (χ1v) is 13.9. The minimum Gasteiger partial charge on any atom is -0.496 e. The van der Waals surface area contributed by atoms with Gasteiger partial charge in [-0.05, 0) is 69.5 Å². The normalized spacial score (nSPS) is 21.1. The molecular formula is C26H40ClN5O2S. The molecule has 3 aliphatic rings. The van der Waals surface area contributed by atoms with Gasteiger partial charge < -0.3 is 30.9 Å². The number of methoxy groups -OCH3 is 1. The summed E-state index contributed by atoms with van der Waals surface area (Å²) in [5.41, 5.74) is 6.68. The molecule has 0 aliphatic carbocycles. The van der Waals surface area contributed by atoms with Gasteiger partial charge in [0.1, 0.15) is 5.75 Å². The average molecular weight is 522 g/mol. The maximum Gasteiger partial charge on any atom is 0.255 e. The van der Waals surface area contributed by atoms with Crippen LogP contribution in [-0.2, 0) is 0 Å². The number of nitrogens with one attached hydrogen (secondary N) is 2. The molecule has 3 saturated heterocycles. The molecule has 35 heavy (non-hydrogen) atoms. The van der Waals surface area contributed by atoms with Crippen LogP contribution >= 0.6 is 23.8 Å². The van der Waals surface area contributed by atoms with E-state index >= 15 is 0 Å². The number of carbonyl (C=O) groups is 1. The van der Waals surface area contributed by atoms with E-state index in [1.165, 1.54) is 37.8 Å². The molecule has 194 valence electrons. The zero-order valence-corrected chi connectivity index (χ0v) is 22.4. The zero-order valence-electron chi connectivity index (χ0n) is 20.9. The van der Waals surface area contributed by atoms with Gasteiger partial charge in [-0.3, -0.25) is 4.79 Å². The largest absolute Gasteiger partial charge is 0.496 e. The number of nitrogen functional groups attached to an aromatic ring is 1. The SMILES string of the molecule is COc1cc(N)c(Cl)cc1C(=O)NC1CCN(CC2CCN(C(=S)CC3CCNCC3)CC2)CC1. The molecule has 0 radical (unpaired) electrons. The third kappa shape index (κ3) is 7.21. The van der Waals surface area contributed by atoms with E-state index in [1.54, 1.807) is 12.1 Å². The van der Waals surface area contributed by atoms with Crippen LogP contribution in [0.4, 0.5) is 5.69 Å². The topological polar surface area (TPSA) is 82.9 Å². The van der Waals surface area contributed by atoms with E-state index in [0.717, 1.165) is 76.9 Å². The third-order valence-electron chi connectivity index (χ3n) is 7.89. The number of piperidine rings is 3. The number of amides is 1. The maximum atomic E-state index is 12.8. The van der Waals surface area contributed by atoms with Gasteiger partial charge in [-0.1, -0.05) is 23.8 Å². The zero-order chi connectivity index (χ0) is 24.8. The van der Waals surface area contributed by atoms with Crippen molar-refractivity contribution in [1.29, 1.82) is 0 Å². The van der Waals surface area contributed by atoms with E-state index in [2.05, 4.69) is 20.4 Å². The fourth-order valence-corrected chi connectivity index (χ4v) is 6.21. The molecule has 0 aromatic heterocycles. The monoisotopic (exact) mass is 521 g/mol. The van der Waals surface area contributed by atoms with Gasteiger partial charge in [-0.2, -0.15) is 0 Å². The van der Waals surface area contributed by atoms with Gasteiger partial charge in [0, 0.05) is 51.3 Å². The summed E-state index contributed by atoms with van der Waals surface area (Å²) in [4.78, 5) is 19.1. The van der Waals surface area contributed by atoms with Gasteiger partial charge >= 0.3 is 0 Å². The Balaban J connectivity index is 1.17. The fraction of sp³-hybridized carbons (Fsp3) is 0.692. The molecule has 3 fully saturated rings. The summed E-state index contributed by atoms with van der Waals surface area (Å²) in [5, 5.41) is 6.97. The van der Waals surface area contributed by atoms with E-state index in [9.17, 15) is 4.79 Å². The Hall–Kier alpha value is -1.61.